The molecular formula is C21H29N4O2S+. The first-order valence-corrected chi connectivity index (χ1v) is 10.3. The number of nitrogens with zero attached hydrogens (tertiary/aromatic N) is 1. The normalized spacial score (nSPS) is 11.7. The Bertz CT molecular complexity index is 793. The fourth-order valence-corrected chi connectivity index (χ4v) is 3.53. The van der Waals surface area contributed by atoms with Crippen LogP contribution in [0, 0.1) is 0 Å². The summed E-state index contributed by atoms with van der Waals surface area (Å²) in [5.74, 6) is -0.246. The molecule has 0 aliphatic carbocycles. The SMILES string of the molecule is CC[NH+](CC(=O)Nc1ccccc1SCC(N)=O)Cc1ccc(N(C)C)cc1. The summed E-state index contributed by atoms with van der Waals surface area (Å²) >= 11 is 1.33. The molecule has 0 saturated carbocycles. The maximum atomic E-state index is 12.6. The molecule has 2 amide bonds. The minimum atomic E-state index is -0.381. The number of benzene rings is 2. The van der Waals surface area contributed by atoms with Gasteiger partial charge in [-0.25, -0.2) is 0 Å². The highest BCUT2D eigenvalue weighted by Gasteiger charge is 2.15. The second-order valence-corrected chi connectivity index (χ2v) is 7.83. The van der Waals surface area contributed by atoms with Crippen molar-refractivity contribution in [3.05, 3.63) is 54.1 Å². The van der Waals surface area contributed by atoms with Crippen molar-refractivity contribution < 1.29 is 14.5 Å². The van der Waals surface area contributed by atoms with Crippen LogP contribution in [-0.2, 0) is 16.1 Å². The highest BCUT2D eigenvalue weighted by Crippen LogP contribution is 2.26. The molecule has 2 rings (SSSR count). The van der Waals surface area contributed by atoms with Crippen LogP contribution in [-0.4, -0.2) is 44.8 Å². The lowest BCUT2D eigenvalue weighted by molar-refractivity contribution is -0.903. The van der Waals surface area contributed by atoms with Gasteiger partial charge >= 0.3 is 0 Å². The molecule has 0 fully saturated rings. The number of quaternary nitrogens is 1. The summed E-state index contributed by atoms with van der Waals surface area (Å²) in [5.41, 5.74) is 8.29. The first-order chi connectivity index (χ1) is 13.4. The third-order valence-corrected chi connectivity index (χ3v) is 5.44. The van der Waals surface area contributed by atoms with Crippen LogP contribution in [0.2, 0.25) is 0 Å². The summed E-state index contributed by atoms with van der Waals surface area (Å²) in [4.78, 5) is 27.7. The number of amides is 2. The van der Waals surface area contributed by atoms with Gasteiger partial charge in [-0.05, 0) is 31.2 Å². The Morgan fingerprint density at radius 3 is 2.39 bits per heavy atom. The number of carbonyl (C=O) groups is 2. The molecule has 4 N–H and O–H groups in total. The number of likely N-dealkylation sites (N-methyl/N-ethyl adjacent to an activating group) is 1. The molecule has 2 aromatic carbocycles. The summed E-state index contributed by atoms with van der Waals surface area (Å²) in [5, 5.41) is 2.97. The third kappa shape index (κ3) is 6.90. The van der Waals surface area contributed by atoms with E-state index in [2.05, 4.69) is 41.4 Å². The first-order valence-electron chi connectivity index (χ1n) is 9.28. The summed E-state index contributed by atoms with van der Waals surface area (Å²) in [6, 6.07) is 15.9. The minimum absolute atomic E-state index is 0.0473. The average Bonchev–Trinajstić information content (AvgIpc) is 2.67. The molecule has 0 aliphatic heterocycles. The molecule has 0 heterocycles. The van der Waals surface area contributed by atoms with Crippen molar-refractivity contribution in [2.24, 2.45) is 5.73 Å². The average molecular weight is 402 g/mol. The van der Waals surface area contributed by atoms with Gasteiger partial charge in [-0.3, -0.25) is 9.59 Å². The maximum absolute atomic E-state index is 12.6. The lowest BCUT2D eigenvalue weighted by Crippen LogP contribution is -3.11. The van der Waals surface area contributed by atoms with Gasteiger partial charge in [0.1, 0.15) is 6.54 Å². The second kappa shape index (κ2) is 10.7. The van der Waals surface area contributed by atoms with Gasteiger partial charge in [0.25, 0.3) is 5.91 Å². The van der Waals surface area contributed by atoms with Crippen molar-refractivity contribution in [3.63, 3.8) is 0 Å². The fourth-order valence-electron chi connectivity index (χ4n) is 2.78. The summed E-state index contributed by atoms with van der Waals surface area (Å²) in [7, 11) is 4.03. The van der Waals surface area contributed by atoms with E-state index in [0.29, 0.717) is 12.2 Å². The highest BCUT2D eigenvalue weighted by molar-refractivity contribution is 8.00. The monoisotopic (exact) mass is 401 g/mol. The van der Waals surface area contributed by atoms with Crippen LogP contribution in [0.25, 0.3) is 0 Å². The van der Waals surface area contributed by atoms with E-state index in [1.165, 1.54) is 22.2 Å². The zero-order valence-corrected chi connectivity index (χ0v) is 17.5. The number of nitrogens with two attached hydrogens (primary N) is 1. The summed E-state index contributed by atoms with van der Waals surface area (Å²) in [6.07, 6.45) is 0. The van der Waals surface area contributed by atoms with Crippen molar-refractivity contribution >= 4 is 35.0 Å². The van der Waals surface area contributed by atoms with Crippen molar-refractivity contribution in [1.29, 1.82) is 0 Å². The van der Waals surface area contributed by atoms with E-state index in [9.17, 15) is 9.59 Å². The van der Waals surface area contributed by atoms with Gasteiger partial charge in [0.2, 0.25) is 5.91 Å². The lowest BCUT2D eigenvalue weighted by atomic mass is 10.2. The Balaban J connectivity index is 1.96. The van der Waals surface area contributed by atoms with Crippen LogP contribution < -0.4 is 20.9 Å². The van der Waals surface area contributed by atoms with Gasteiger partial charge in [0.05, 0.1) is 18.0 Å². The van der Waals surface area contributed by atoms with Crippen LogP contribution in [0.15, 0.2) is 53.4 Å². The van der Waals surface area contributed by atoms with Gasteiger partial charge in [-0.2, -0.15) is 0 Å². The number of rotatable bonds is 10. The van der Waals surface area contributed by atoms with Crippen molar-refractivity contribution in [1.82, 2.24) is 0 Å². The Labute approximate surface area is 171 Å². The van der Waals surface area contributed by atoms with E-state index >= 15 is 0 Å². The number of para-hydroxylation sites is 1. The van der Waals surface area contributed by atoms with E-state index in [1.807, 2.05) is 38.4 Å². The number of hydrogen-bond acceptors (Lipinski definition) is 4. The molecule has 150 valence electrons. The number of thioether (sulfide) groups is 1. The lowest BCUT2D eigenvalue weighted by Gasteiger charge is -2.19. The van der Waals surface area contributed by atoms with Gasteiger partial charge in [-0.15, -0.1) is 11.8 Å². The highest BCUT2D eigenvalue weighted by atomic mass is 32.2. The fraction of sp³-hybridized carbons (Fsp3) is 0.333. The standard InChI is InChI=1S/C21H28N4O2S/c1-4-25(13-16-9-11-17(12-10-16)24(2)3)14-21(27)23-18-7-5-6-8-19(18)28-15-20(22)26/h5-12H,4,13-15H2,1-3H3,(H2,22,26)(H,23,27)/p+1. The number of hydrogen-bond donors (Lipinski definition) is 3. The van der Waals surface area contributed by atoms with Gasteiger partial charge < -0.3 is 20.9 Å². The Morgan fingerprint density at radius 2 is 1.79 bits per heavy atom. The molecule has 1 unspecified atom stereocenters. The first kappa shape index (κ1) is 21.8. The topological polar surface area (TPSA) is 79.9 Å². The van der Waals surface area contributed by atoms with Crippen LogP contribution in [0.4, 0.5) is 11.4 Å². The van der Waals surface area contributed by atoms with Crippen molar-refractivity contribution in [2.45, 2.75) is 18.4 Å². The van der Waals surface area contributed by atoms with Crippen LogP contribution in [0.5, 0.6) is 0 Å². The summed E-state index contributed by atoms with van der Waals surface area (Å²) in [6.45, 7) is 4.09. The maximum Gasteiger partial charge on any atom is 0.279 e. The molecule has 0 saturated heterocycles. The van der Waals surface area contributed by atoms with Gasteiger partial charge in [0.15, 0.2) is 6.54 Å². The van der Waals surface area contributed by atoms with E-state index in [4.69, 9.17) is 5.73 Å². The molecule has 0 radical (unpaired) electrons. The van der Waals surface area contributed by atoms with Crippen LogP contribution in [0.3, 0.4) is 0 Å². The van der Waals surface area contributed by atoms with E-state index < -0.39 is 0 Å². The molecular weight excluding hydrogens is 372 g/mol. The second-order valence-electron chi connectivity index (χ2n) is 6.82. The number of primary amides is 1. The Morgan fingerprint density at radius 1 is 1.11 bits per heavy atom. The van der Waals surface area contributed by atoms with E-state index in [-0.39, 0.29) is 17.6 Å². The number of carbonyl (C=O) groups excluding carboxylic acids is 2. The van der Waals surface area contributed by atoms with Crippen LogP contribution in [0.1, 0.15) is 12.5 Å². The number of anilines is 2. The molecule has 0 spiro atoms. The summed E-state index contributed by atoms with van der Waals surface area (Å²) < 4.78 is 0. The largest absolute Gasteiger partial charge is 0.378 e. The van der Waals surface area contributed by atoms with Crippen molar-refractivity contribution in [3.8, 4) is 0 Å². The molecule has 7 heteroatoms. The van der Waals surface area contributed by atoms with Crippen LogP contribution >= 0.6 is 11.8 Å². The predicted octanol–water partition coefficient (Wildman–Crippen LogP) is 1.37. The van der Waals surface area contributed by atoms with E-state index in [0.717, 1.165) is 23.7 Å². The number of nitrogens with one attached hydrogen (secondary N) is 2. The minimum Gasteiger partial charge on any atom is -0.378 e. The molecule has 0 bridgehead atoms. The molecule has 0 aromatic heterocycles. The molecule has 28 heavy (non-hydrogen) atoms. The Hall–Kier alpha value is -2.51. The molecule has 6 nitrogen and oxygen atoms in total. The predicted molar refractivity (Wildman–Crippen MR) is 116 cm³/mol. The van der Waals surface area contributed by atoms with E-state index in [1.54, 1.807) is 0 Å². The van der Waals surface area contributed by atoms with Gasteiger partial charge in [-0.1, -0.05) is 24.3 Å². The third-order valence-electron chi connectivity index (χ3n) is 4.35. The van der Waals surface area contributed by atoms with Crippen molar-refractivity contribution in [2.75, 3.05) is 43.2 Å². The Kier molecular flexibility index (Phi) is 8.35. The smallest absolute Gasteiger partial charge is 0.279 e. The van der Waals surface area contributed by atoms with Gasteiger partial charge in [0, 0.05) is 30.2 Å². The molecule has 0 aliphatic rings. The quantitative estimate of drug-likeness (QED) is 0.526. The zero-order valence-electron chi connectivity index (χ0n) is 16.7. The zero-order chi connectivity index (χ0) is 20.5. The molecule has 2 aromatic rings. The molecule has 1 atom stereocenters.